The van der Waals surface area contributed by atoms with E-state index in [1.807, 2.05) is 4.90 Å². The maximum Gasteiger partial charge on any atom is 0.248 e. The number of nitrogens with one attached hydrogen (secondary N) is 1. The second-order valence-corrected chi connectivity index (χ2v) is 12.7. The number of likely N-dealkylation sites (tertiary alicyclic amines) is 2. The van der Waals surface area contributed by atoms with Gasteiger partial charge >= 0.3 is 0 Å². The Morgan fingerprint density at radius 2 is 1.64 bits per heavy atom. The van der Waals surface area contributed by atoms with E-state index in [1.54, 1.807) is 0 Å². The molecule has 3 aliphatic heterocycles. The van der Waals surface area contributed by atoms with Crippen molar-refractivity contribution < 1.29 is 14.7 Å². The molecule has 0 aromatic heterocycles. The molecule has 5 rings (SSSR count). The van der Waals surface area contributed by atoms with E-state index < -0.39 is 17.7 Å². The molecule has 0 radical (unpaired) electrons. The first kappa shape index (κ1) is 28.6. The fraction of sp³-hybridized carbons (Fsp3) is 0.750. The quantitative estimate of drug-likeness (QED) is 0.500. The number of hydrogen-bond acceptors (Lipinski definition) is 5. The summed E-state index contributed by atoms with van der Waals surface area (Å²) in [7, 11) is 0. The highest BCUT2D eigenvalue weighted by Crippen LogP contribution is 2.36. The maximum atomic E-state index is 13.8. The Bertz CT molecular complexity index is 934. The van der Waals surface area contributed by atoms with Gasteiger partial charge < -0.3 is 20.2 Å². The van der Waals surface area contributed by atoms with Crippen LogP contribution in [0.2, 0.25) is 0 Å². The summed E-state index contributed by atoms with van der Waals surface area (Å²) in [4.78, 5) is 34.5. The van der Waals surface area contributed by atoms with E-state index in [1.165, 1.54) is 24.8 Å². The fourth-order valence-corrected chi connectivity index (χ4v) is 7.59. The van der Waals surface area contributed by atoms with Crippen molar-refractivity contribution in [1.29, 1.82) is 0 Å². The highest BCUT2D eigenvalue weighted by Gasteiger charge is 2.55. The number of aliphatic hydroxyl groups is 1. The third-order valence-electron chi connectivity index (χ3n) is 10.1. The standard InChI is InChI=1S/C32H50N4O3/c1-2-3-18-36-30(38)28(29(37)27-12-8-5-9-13-27)33-31(39)32(36)16-21-35(22-17-32)24-26-14-19-34(20-15-26)23-25-10-6-4-7-11-25/h4,6-7,10-11,26-29,37H,2-3,5,8-9,12-24H2,1H3,(H,33,39)/t28-,29-/m1/s1. The molecular weight excluding hydrogens is 488 g/mol. The molecule has 4 fully saturated rings. The van der Waals surface area contributed by atoms with Crippen molar-refractivity contribution >= 4 is 11.8 Å². The Kier molecular flexibility index (Phi) is 9.62. The van der Waals surface area contributed by atoms with Crippen LogP contribution < -0.4 is 5.32 Å². The topological polar surface area (TPSA) is 76.1 Å². The Labute approximate surface area is 235 Å². The first-order valence-electron chi connectivity index (χ1n) is 15.8. The van der Waals surface area contributed by atoms with Gasteiger partial charge in [0.15, 0.2) is 0 Å². The lowest BCUT2D eigenvalue weighted by atomic mass is 9.77. The number of carbonyl (C=O) groups is 2. The zero-order valence-corrected chi connectivity index (χ0v) is 24.0. The molecular formula is C32H50N4O3. The Balaban J connectivity index is 1.16. The summed E-state index contributed by atoms with van der Waals surface area (Å²) in [6.07, 6.45) is 10.2. The summed E-state index contributed by atoms with van der Waals surface area (Å²) in [6.45, 7) is 8.84. The molecule has 2 amide bonds. The Morgan fingerprint density at radius 3 is 2.31 bits per heavy atom. The molecule has 1 aromatic carbocycles. The van der Waals surface area contributed by atoms with Crippen LogP contribution in [0.5, 0.6) is 0 Å². The van der Waals surface area contributed by atoms with Crippen LogP contribution >= 0.6 is 0 Å². The molecule has 3 saturated heterocycles. The van der Waals surface area contributed by atoms with Crippen LogP contribution in [-0.4, -0.2) is 88.6 Å². The second kappa shape index (κ2) is 13.1. The molecule has 2 N–H and O–H groups in total. The molecule has 1 aromatic rings. The fourth-order valence-electron chi connectivity index (χ4n) is 7.59. The molecule has 2 atom stereocenters. The van der Waals surface area contributed by atoms with Crippen LogP contribution in [-0.2, 0) is 16.1 Å². The summed E-state index contributed by atoms with van der Waals surface area (Å²) < 4.78 is 0. The molecule has 7 heteroatoms. The number of rotatable bonds is 9. The zero-order chi connectivity index (χ0) is 27.2. The van der Waals surface area contributed by atoms with E-state index in [0.29, 0.717) is 25.3 Å². The van der Waals surface area contributed by atoms with Gasteiger partial charge in [-0.15, -0.1) is 0 Å². The minimum absolute atomic E-state index is 0.0352. The van der Waals surface area contributed by atoms with E-state index in [-0.39, 0.29) is 17.7 Å². The van der Waals surface area contributed by atoms with Crippen LogP contribution in [0.4, 0.5) is 0 Å². The van der Waals surface area contributed by atoms with Gasteiger partial charge in [-0.1, -0.05) is 62.9 Å². The molecule has 4 aliphatic rings. The smallest absolute Gasteiger partial charge is 0.248 e. The van der Waals surface area contributed by atoms with Gasteiger partial charge in [0.2, 0.25) is 11.8 Å². The SMILES string of the molecule is CCCCN1C(=O)[C@@H]([C@H](O)C2CCCCC2)NC(=O)C12CCN(CC1CCN(Cc3ccccc3)CC1)CC2. The third kappa shape index (κ3) is 6.52. The molecule has 1 spiro atoms. The van der Waals surface area contributed by atoms with E-state index in [9.17, 15) is 14.7 Å². The van der Waals surface area contributed by atoms with Gasteiger partial charge in [0, 0.05) is 32.7 Å². The predicted molar refractivity (Wildman–Crippen MR) is 154 cm³/mol. The molecule has 3 heterocycles. The summed E-state index contributed by atoms with van der Waals surface area (Å²) in [6, 6.07) is 9.95. The molecule has 7 nitrogen and oxygen atoms in total. The predicted octanol–water partition coefficient (Wildman–Crippen LogP) is 3.80. The number of unbranched alkanes of at least 4 members (excludes halogenated alkanes) is 1. The van der Waals surface area contributed by atoms with Gasteiger partial charge in [-0.3, -0.25) is 14.5 Å². The highest BCUT2D eigenvalue weighted by atomic mass is 16.3. The zero-order valence-electron chi connectivity index (χ0n) is 24.0. The summed E-state index contributed by atoms with van der Waals surface area (Å²) >= 11 is 0. The first-order chi connectivity index (χ1) is 19.0. The Morgan fingerprint density at radius 1 is 0.949 bits per heavy atom. The lowest BCUT2D eigenvalue weighted by Gasteiger charge is -2.53. The summed E-state index contributed by atoms with van der Waals surface area (Å²) in [5.74, 6) is 0.711. The lowest BCUT2D eigenvalue weighted by molar-refractivity contribution is -0.166. The van der Waals surface area contributed by atoms with Gasteiger partial charge in [-0.05, 0) is 75.4 Å². The largest absolute Gasteiger partial charge is 0.390 e. The van der Waals surface area contributed by atoms with Crippen molar-refractivity contribution in [3.05, 3.63) is 35.9 Å². The number of carbonyl (C=O) groups excluding carboxylic acids is 2. The molecule has 0 bridgehead atoms. The molecule has 0 unspecified atom stereocenters. The van der Waals surface area contributed by atoms with Gasteiger partial charge in [0.05, 0.1) is 6.10 Å². The number of piperazine rings is 1. The van der Waals surface area contributed by atoms with E-state index in [4.69, 9.17) is 0 Å². The van der Waals surface area contributed by atoms with Crippen LogP contribution in [0.15, 0.2) is 30.3 Å². The average Bonchev–Trinajstić information content (AvgIpc) is 2.98. The molecule has 216 valence electrons. The van der Waals surface area contributed by atoms with Gasteiger partial charge in [-0.2, -0.15) is 0 Å². The normalized spacial score (nSPS) is 26.6. The first-order valence-corrected chi connectivity index (χ1v) is 15.8. The molecule has 39 heavy (non-hydrogen) atoms. The number of aliphatic hydroxyl groups excluding tert-OH is 1. The van der Waals surface area contributed by atoms with Crippen molar-refractivity contribution in [2.45, 2.75) is 102 Å². The lowest BCUT2D eigenvalue weighted by Crippen LogP contribution is -2.75. The van der Waals surface area contributed by atoms with Crippen molar-refractivity contribution in [3.63, 3.8) is 0 Å². The van der Waals surface area contributed by atoms with E-state index in [0.717, 1.165) is 77.8 Å². The van der Waals surface area contributed by atoms with Crippen molar-refractivity contribution in [1.82, 2.24) is 20.0 Å². The van der Waals surface area contributed by atoms with Crippen molar-refractivity contribution in [2.75, 3.05) is 39.3 Å². The van der Waals surface area contributed by atoms with Crippen LogP contribution in [0.1, 0.15) is 83.1 Å². The summed E-state index contributed by atoms with van der Waals surface area (Å²) in [5, 5.41) is 14.2. The number of benzene rings is 1. The number of piperidine rings is 2. The van der Waals surface area contributed by atoms with Crippen LogP contribution in [0.25, 0.3) is 0 Å². The summed E-state index contributed by atoms with van der Waals surface area (Å²) in [5.41, 5.74) is 0.628. The molecule has 1 saturated carbocycles. The highest BCUT2D eigenvalue weighted by molar-refractivity contribution is 6.00. The minimum atomic E-state index is -0.790. The van der Waals surface area contributed by atoms with Crippen LogP contribution in [0, 0.1) is 11.8 Å². The van der Waals surface area contributed by atoms with E-state index >= 15 is 0 Å². The Hall–Kier alpha value is -1.96. The monoisotopic (exact) mass is 538 g/mol. The van der Waals surface area contributed by atoms with Gasteiger partial charge in [-0.25, -0.2) is 0 Å². The number of hydrogen-bond donors (Lipinski definition) is 2. The molecule has 1 aliphatic carbocycles. The van der Waals surface area contributed by atoms with E-state index in [2.05, 4.69) is 52.4 Å². The number of nitrogens with zero attached hydrogens (tertiary/aromatic N) is 3. The number of amides is 2. The average molecular weight is 539 g/mol. The maximum absolute atomic E-state index is 13.8. The van der Waals surface area contributed by atoms with Crippen LogP contribution in [0.3, 0.4) is 0 Å². The van der Waals surface area contributed by atoms with Gasteiger partial charge in [0.25, 0.3) is 0 Å². The third-order valence-corrected chi connectivity index (χ3v) is 10.1. The van der Waals surface area contributed by atoms with Crippen molar-refractivity contribution in [3.8, 4) is 0 Å². The second-order valence-electron chi connectivity index (χ2n) is 12.7. The van der Waals surface area contributed by atoms with Gasteiger partial charge in [0.1, 0.15) is 11.6 Å². The minimum Gasteiger partial charge on any atom is -0.390 e. The van der Waals surface area contributed by atoms with Crippen molar-refractivity contribution in [2.24, 2.45) is 11.8 Å².